The van der Waals surface area contributed by atoms with Crippen LogP contribution in [0.4, 0.5) is 10.1 Å². The molecule has 0 aliphatic carbocycles. The Kier molecular flexibility index (Phi) is 6.78. The summed E-state index contributed by atoms with van der Waals surface area (Å²) in [5.74, 6) is -1.21. The molecule has 0 amide bonds. The summed E-state index contributed by atoms with van der Waals surface area (Å²) in [5, 5.41) is 0. The molecule has 0 atom stereocenters. The van der Waals surface area contributed by atoms with Gasteiger partial charge >= 0.3 is 5.97 Å². The van der Waals surface area contributed by atoms with E-state index in [0.717, 1.165) is 11.1 Å². The lowest BCUT2D eigenvalue weighted by atomic mass is 9.91. The van der Waals surface area contributed by atoms with Gasteiger partial charge in [0.25, 0.3) is 0 Å². The molecule has 3 aromatic rings. The van der Waals surface area contributed by atoms with Crippen molar-refractivity contribution < 1.29 is 13.9 Å². The van der Waals surface area contributed by atoms with E-state index in [1.54, 1.807) is 12.1 Å². The Morgan fingerprint density at radius 1 is 0.867 bits per heavy atom. The van der Waals surface area contributed by atoms with Crippen molar-refractivity contribution in [2.45, 2.75) is 33.6 Å². The van der Waals surface area contributed by atoms with Crippen molar-refractivity contribution in [2.75, 3.05) is 0 Å². The lowest BCUT2D eigenvalue weighted by Gasteiger charge is -2.17. The fourth-order valence-electron chi connectivity index (χ4n) is 2.94. The maximum atomic E-state index is 14.6. The molecule has 30 heavy (non-hydrogen) atoms. The number of rotatable bonds is 6. The number of nitrogens with zero attached hydrogens (tertiary/aromatic N) is 1. The second-order valence-electron chi connectivity index (χ2n) is 8.32. The molecule has 0 unspecified atom stereocenters. The van der Waals surface area contributed by atoms with E-state index >= 15 is 0 Å². The molecule has 0 bridgehead atoms. The molecule has 0 radical (unpaired) electrons. The van der Waals surface area contributed by atoms with Gasteiger partial charge in [-0.25, -0.2) is 9.38 Å². The molecule has 0 saturated heterocycles. The third kappa shape index (κ3) is 5.86. The van der Waals surface area contributed by atoms with Gasteiger partial charge in [0.2, 0.25) is 0 Å². The maximum Gasteiger partial charge on any atom is 0.311 e. The summed E-state index contributed by atoms with van der Waals surface area (Å²) in [6, 6.07) is 23.8. The number of carbonyl (C=O) groups excluding carboxylic acids is 1. The molecule has 4 heteroatoms. The Bertz CT molecular complexity index is 980. The van der Waals surface area contributed by atoms with E-state index in [9.17, 15) is 9.18 Å². The summed E-state index contributed by atoms with van der Waals surface area (Å²) in [6.07, 6.45) is 0.864. The van der Waals surface area contributed by atoms with Crippen molar-refractivity contribution in [1.82, 2.24) is 0 Å². The van der Waals surface area contributed by atoms with Gasteiger partial charge in [0, 0.05) is 17.5 Å². The van der Waals surface area contributed by atoms with E-state index in [1.165, 1.54) is 6.07 Å². The van der Waals surface area contributed by atoms with E-state index in [4.69, 9.17) is 9.73 Å². The van der Waals surface area contributed by atoms with Crippen LogP contribution in [0.2, 0.25) is 0 Å². The Balaban J connectivity index is 2.00. The maximum absolute atomic E-state index is 14.6. The van der Waals surface area contributed by atoms with Gasteiger partial charge in [-0.2, -0.15) is 0 Å². The molecule has 0 fully saturated rings. The van der Waals surface area contributed by atoms with Crippen LogP contribution in [0.3, 0.4) is 0 Å². The number of benzene rings is 3. The fraction of sp³-hybridized carbons (Fsp3) is 0.231. The predicted molar refractivity (Wildman–Crippen MR) is 119 cm³/mol. The number of hydrogen-bond acceptors (Lipinski definition) is 3. The van der Waals surface area contributed by atoms with Crippen molar-refractivity contribution in [3.05, 3.63) is 95.8 Å². The Morgan fingerprint density at radius 2 is 1.43 bits per heavy atom. The van der Waals surface area contributed by atoms with Crippen LogP contribution in [0.1, 0.15) is 44.7 Å². The topological polar surface area (TPSA) is 38.7 Å². The van der Waals surface area contributed by atoms with Crippen LogP contribution in [0.25, 0.3) is 0 Å². The summed E-state index contributed by atoms with van der Waals surface area (Å²) in [6.45, 7) is 6.14. The molecule has 3 rings (SSSR count). The number of aliphatic imine (C=N–C) groups is 1. The normalized spacial score (nSPS) is 11.1. The van der Waals surface area contributed by atoms with Crippen LogP contribution in [-0.2, 0) is 4.79 Å². The summed E-state index contributed by atoms with van der Waals surface area (Å²) in [5.41, 5.74) is 2.72. The van der Waals surface area contributed by atoms with Gasteiger partial charge in [-0.3, -0.25) is 4.79 Å². The highest BCUT2D eigenvalue weighted by Crippen LogP contribution is 2.33. The van der Waals surface area contributed by atoms with Crippen molar-refractivity contribution in [1.29, 1.82) is 0 Å². The molecular formula is C26H26FNO2. The van der Waals surface area contributed by atoms with Crippen LogP contribution in [-0.4, -0.2) is 11.7 Å². The quantitative estimate of drug-likeness (QED) is 0.260. The summed E-state index contributed by atoms with van der Waals surface area (Å²) >= 11 is 0. The molecule has 0 N–H and O–H groups in total. The van der Waals surface area contributed by atoms with Crippen molar-refractivity contribution in [2.24, 2.45) is 10.4 Å². The van der Waals surface area contributed by atoms with Gasteiger partial charge in [-0.05, 0) is 24.0 Å². The lowest BCUT2D eigenvalue weighted by molar-refractivity contribution is -0.135. The van der Waals surface area contributed by atoms with Gasteiger partial charge in [0.1, 0.15) is 5.69 Å². The average Bonchev–Trinajstić information content (AvgIpc) is 2.73. The summed E-state index contributed by atoms with van der Waals surface area (Å²) in [7, 11) is 0. The molecule has 0 saturated carbocycles. The number of ether oxygens (including phenoxy) is 1. The SMILES string of the molecule is CC(C)(C)CCC(=O)Oc1c(F)cccc1N=C(c1ccccc1)c1ccccc1. The number of halogens is 1. The first-order valence-corrected chi connectivity index (χ1v) is 10.0. The first kappa shape index (κ1) is 21.4. The van der Waals surface area contributed by atoms with Crippen molar-refractivity contribution in [3.8, 4) is 5.75 Å². The molecule has 3 aromatic carbocycles. The molecule has 154 valence electrons. The van der Waals surface area contributed by atoms with Gasteiger partial charge < -0.3 is 4.74 Å². The third-order valence-electron chi connectivity index (χ3n) is 4.57. The highest BCUT2D eigenvalue weighted by atomic mass is 19.1. The zero-order valence-corrected chi connectivity index (χ0v) is 17.6. The van der Waals surface area contributed by atoms with Gasteiger partial charge in [0.05, 0.1) is 5.71 Å². The molecule has 0 aliphatic heterocycles. The number of esters is 1. The van der Waals surface area contributed by atoms with Crippen molar-refractivity contribution in [3.63, 3.8) is 0 Å². The minimum absolute atomic E-state index is 0.0109. The Labute approximate surface area is 177 Å². The number of hydrogen-bond donors (Lipinski definition) is 0. The lowest BCUT2D eigenvalue weighted by Crippen LogP contribution is -2.14. The summed E-state index contributed by atoms with van der Waals surface area (Å²) in [4.78, 5) is 17.1. The minimum atomic E-state index is -0.610. The number of carbonyl (C=O) groups is 1. The van der Waals surface area contributed by atoms with Gasteiger partial charge in [0.15, 0.2) is 11.6 Å². The second-order valence-corrected chi connectivity index (χ2v) is 8.32. The third-order valence-corrected chi connectivity index (χ3v) is 4.57. The Hall–Kier alpha value is -3.27. The molecule has 0 aliphatic rings. The predicted octanol–water partition coefficient (Wildman–Crippen LogP) is 6.73. The second kappa shape index (κ2) is 9.49. The largest absolute Gasteiger partial charge is 0.421 e. The molecule has 0 heterocycles. The van der Waals surface area contributed by atoms with E-state index in [1.807, 2.05) is 81.4 Å². The zero-order chi connectivity index (χ0) is 21.6. The van der Waals surface area contributed by atoms with Crippen LogP contribution in [0, 0.1) is 11.2 Å². The van der Waals surface area contributed by atoms with Crippen molar-refractivity contribution >= 4 is 17.4 Å². The standard InChI is InChI=1S/C26H26FNO2/c1-26(2,3)18-17-23(29)30-25-21(27)15-10-16-22(25)28-24(19-11-6-4-7-12-19)20-13-8-5-9-14-20/h4-16H,17-18H2,1-3H3. The van der Waals surface area contributed by atoms with Gasteiger partial charge in [-0.1, -0.05) is 87.5 Å². The van der Waals surface area contributed by atoms with E-state index < -0.39 is 11.8 Å². The van der Waals surface area contributed by atoms with E-state index in [2.05, 4.69) is 0 Å². The van der Waals surface area contributed by atoms with Crippen LogP contribution >= 0.6 is 0 Å². The minimum Gasteiger partial charge on any atom is -0.421 e. The highest BCUT2D eigenvalue weighted by Gasteiger charge is 2.18. The smallest absolute Gasteiger partial charge is 0.311 e. The van der Waals surface area contributed by atoms with E-state index in [0.29, 0.717) is 12.1 Å². The molecule has 0 aromatic heterocycles. The highest BCUT2D eigenvalue weighted by molar-refractivity contribution is 6.14. The Morgan fingerprint density at radius 3 is 1.97 bits per heavy atom. The molecule has 0 spiro atoms. The monoisotopic (exact) mass is 403 g/mol. The van der Waals surface area contributed by atoms with Gasteiger partial charge in [-0.15, -0.1) is 0 Å². The van der Waals surface area contributed by atoms with Crippen LogP contribution in [0.5, 0.6) is 5.75 Å². The average molecular weight is 403 g/mol. The van der Waals surface area contributed by atoms with E-state index in [-0.39, 0.29) is 23.3 Å². The first-order chi connectivity index (χ1) is 14.3. The van der Waals surface area contributed by atoms with Crippen LogP contribution < -0.4 is 4.74 Å². The molecule has 3 nitrogen and oxygen atoms in total. The van der Waals surface area contributed by atoms with Crippen LogP contribution in [0.15, 0.2) is 83.9 Å². The first-order valence-electron chi connectivity index (χ1n) is 10.0. The number of para-hydroxylation sites is 1. The zero-order valence-electron chi connectivity index (χ0n) is 17.6. The summed E-state index contributed by atoms with van der Waals surface area (Å²) < 4.78 is 20.0. The fourth-order valence-corrected chi connectivity index (χ4v) is 2.94. The molecular weight excluding hydrogens is 377 g/mol.